The number of rotatable bonds is 4. The van der Waals surface area contributed by atoms with Crippen LogP contribution >= 0.6 is 11.3 Å². The first-order chi connectivity index (χ1) is 7.78. The molecule has 0 saturated carbocycles. The Labute approximate surface area is 99.0 Å². The van der Waals surface area contributed by atoms with Gasteiger partial charge < -0.3 is 15.4 Å². The van der Waals surface area contributed by atoms with Crippen molar-refractivity contribution in [3.8, 4) is 0 Å². The summed E-state index contributed by atoms with van der Waals surface area (Å²) in [5, 5.41) is 5.85. The zero-order valence-electron chi connectivity index (χ0n) is 9.29. The molecule has 1 aliphatic heterocycles. The summed E-state index contributed by atoms with van der Waals surface area (Å²) >= 11 is 1.82. The monoisotopic (exact) mass is 240 g/mol. The van der Waals surface area contributed by atoms with E-state index in [1.807, 2.05) is 18.4 Å². The van der Waals surface area contributed by atoms with Crippen LogP contribution in [0.4, 0.5) is 4.79 Å². The molecular formula is C11H16N2O2S. The summed E-state index contributed by atoms with van der Waals surface area (Å²) < 4.78 is 4.96. The maximum Gasteiger partial charge on any atom is 0.407 e. The summed E-state index contributed by atoms with van der Waals surface area (Å²) in [5.41, 5.74) is 0. The molecule has 1 fully saturated rings. The molecule has 0 aliphatic carbocycles. The van der Waals surface area contributed by atoms with E-state index in [0.29, 0.717) is 12.5 Å². The van der Waals surface area contributed by atoms with Crippen molar-refractivity contribution in [1.29, 1.82) is 0 Å². The van der Waals surface area contributed by atoms with Crippen LogP contribution in [0.3, 0.4) is 0 Å². The first-order valence-corrected chi connectivity index (χ1v) is 6.22. The van der Waals surface area contributed by atoms with E-state index < -0.39 is 0 Å². The highest BCUT2D eigenvalue weighted by Gasteiger charge is 2.19. The van der Waals surface area contributed by atoms with Crippen LogP contribution in [-0.4, -0.2) is 26.3 Å². The van der Waals surface area contributed by atoms with Crippen molar-refractivity contribution < 1.29 is 9.53 Å². The fourth-order valence-corrected chi connectivity index (χ4v) is 2.89. The first kappa shape index (κ1) is 11.4. The number of ether oxygens (including phenoxy) is 1. The molecule has 0 radical (unpaired) electrons. The molecule has 1 saturated heterocycles. The number of carbonyl (C=O) groups excluding carboxylic acids is 1. The van der Waals surface area contributed by atoms with Crippen molar-refractivity contribution in [2.24, 2.45) is 5.92 Å². The molecule has 88 valence electrons. The maximum atomic E-state index is 10.8. The van der Waals surface area contributed by atoms with Crippen LogP contribution in [0.5, 0.6) is 0 Å². The van der Waals surface area contributed by atoms with Crippen molar-refractivity contribution in [2.75, 3.05) is 20.2 Å². The van der Waals surface area contributed by atoms with Gasteiger partial charge in [-0.15, -0.1) is 11.3 Å². The molecule has 0 spiro atoms. The maximum absolute atomic E-state index is 10.8. The van der Waals surface area contributed by atoms with Gasteiger partial charge in [-0.1, -0.05) is 0 Å². The lowest BCUT2D eigenvalue weighted by molar-refractivity contribution is 0.103. The molecule has 1 aromatic rings. The molecule has 1 aromatic heterocycles. The van der Waals surface area contributed by atoms with Gasteiger partial charge in [0, 0.05) is 28.8 Å². The number of hydrogen-bond donors (Lipinski definition) is 2. The minimum atomic E-state index is -0.293. The van der Waals surface area contributed by atoms with Gasteiger partial charge >= 0.3 is 6.09 Å². The van der Waals surface area contributed by atoms with Gasteiger partial charge in [-0.25, -0.2) is 4.79 Å². The Kier molecular flexibility index (Phi) is 3.79. The molecule has 0 aromatic carbocycles. The minimum Gasteiger partial charge on any atom is -0.449 e. The smallest absolute Gasteiger partial charge is 0.407 e. The molecule has 1 atom stereocenters. The number of amides is 1. The molecule has 16 heavy (non-hydrogen) atoms. The van der Waals surface area contributed by atoms with Crippen LogP contribution in [0.1, 0.15) is 9.75 Å². The van der Waals surface area contributed by atoms with Gasteiger partial charge in [0.15, 0.2) is 0 Å². The van der Waals surface area contributed by atoms with Crippen molar-refractivity contribution in [1.82, 2.24) is 10.6 Å². The van der Waals surface area contributed by atoms with Crippen molar-refractivity contribution in [3.05, 3.63) is 21.9 Å². The molecule has 2 N–H and O–H groups in total. The number of hydrogen-bond acceptors (Lipinski definition) is 4. The quantitative estimate of drug-likeness (QED) is 0.835. The molecule has 1 amide bonds. The van der Waals surface area contributed by atoms with E-state index >= 15 is 0 Å². The second-order valence-corrected chi connectivity index (χ2v) is 5.20. The summed E-state index contributed by atoms with van der Waals surface area (Å²) in [4.78, 5) is 13.5. The van der Waals surface area contributed by atoms with E-state index in [1.54, 1.807) is 0 Å². The second-order valence-electron chi connectivity index (χ2n) is 3.95. The van der Waals surface area contributed by atoms with E-state index in [1.165, 1.54) is 9.75 Å². The molecule has 4 nitrogen and oxygen atoms in total. The molecule has 0 unspecified atom stereocenters. The SMILES string of the molecule is CNCc1ccc(C[C@@H]2CNC(=O)OC2)s1. The molecule has 2 heterocycles. The normalized spacial score (nSPS) is 20.3. The van der Waals surface area contributed by atoms with Crippen LogP contribution in [0.2, 0.25) is 0 Å². The van der Waals surface area contributed by atoms with Gasteiger partial charge in [-0.05, 0) is 25.6 Å². The highest BCUT2D eigenvalue weighted by atomic mass is 32.1. The number of cyclic esters (lactones) is 1. The lowest BCUT2D eigenvalue weighted by atomic mass is 10.1. The van der Waals surface area contributed by atoms with Crippen LogP contribution in [0.25, 0.3) is 0 Å². The van der Waals surface area contributed by atoms with Crippen LogP contribution < -0.4 is 10.6 Å². The van der Waals surface area contributed by atoms with E-state index in [0.717, 1.165) is 19.5 Å². The average molecular weight is 240 g/mol. The number of carbonyl (C=O) groups is 1. The average Bonchev–Trinajstić information content (AvgIpc) is 2.70. The van der Waals surface area contributed by atoms with Gasteiger partial charge in [0.05, 0.1) is 6.61 Å². The van der Waals surface area contributed by atoms with Gasteiger partial charge in [-0.3, -0.25) is 0 Å². The van der Waals surface area contributed by atoms with Gasteiger partial charge in [0.1, 0.15) is 0 Å². The van der Waals surface area contributed by atoms with E-state index in [2.05, 4.69) is 22.8 Å². The minimum absolute atomic E-state index is 0.293. The zero-order valence-corrected chi connectivity index (χ0v) is 10.1. The Balaban J connectivity index is 1.86. The third-order valence-corrected chi connectivity index (χ3v) is 3.65. The summed E-state index contributed by atoms with van der Waals surface area (Å²) in [6.07, 6.45) is 0.688. The number of nitrogens with one attached hydrogen (secondary N) is 2. The standard InChI is InChI=1S/C11H16N2O2S/c1-12-6-10-3-2-9(16-10)4-8-5-13-11(14)15-7-8/h2-3,8,12H,4-7H2,1H3,(H,13,14)/t8-/m1/s1. The fourth-order valence-electron chi connectivity index (χ4n) is 1.75. The van der Waals surface area contributed by atoms with Crippen LogP contribution in [0.15, 0.2) is 12.1 Å². The van der Waals surface area contributed by atoms with Gasteiger partial charge in [0.25, 0.3) is 0 Å². The third-order valence-electron chi connectivity index (χ3n) is 2.54. The number of thiophene rings is 1. The Morgan fingerprint density at radius 3 is 3.06 bits per heavy atom. The van der Waals surface area contributed by atoms with E-state index in [9.17, 15) is 4.79 Å². The van der Waals surface area contributed by atoms with Gasteiger partial charge in [-0.2, -0.15) is 0 Å². The summed E-state index contributed by atoms with van der Waals surface area (Å²) in [6.45, 7) is 2.17. The van der Waals surface area contributed by atoms with Crippen molar-refractivity contribution in [3.63, 3.8) is 0 Å². The highest BCUT2D eigenvalue weighted by Crippen LogP contribution is 2.20. The summed E-state index contributed by atoms with van der Waals surface area (Å²) in [6, 6.07) is 4.31. The second kappa shape index (κ2) is 5.32. The third kappa shape index (κ3) is 2.96. The Bertz CT molecular complexity index is 355. The molecule has 0 bridgehead atoms. The zero-order chi connectivity index (χ0) is 11.4. The molecular weight excluding hydrogens is 224 g/mol. The largest absolute Gasteiger partial charge is 0.449 e. The predicted molar refractivity (Wildman–Crippen MR) is 63.6 cm³/mol. The summed E-state index contributed by atoms with van der Waals surface area (Å²) in [5.74, 6) is 0.402. The molecule has 2 rings (SSSR count). The van der Waals surface area contributed by atoms with Crippen molar-refractivity contribution >= 4 is 17.4 Å². The van der Waals surface area contributed by atoms with Crippen molar-refractivity contribution in [2.45, 2.75) is 13.0 Å². The fraction of sp³-hybridized carbons (Fsp3) is 0.545. The lowest BCUT2D eigenvalue weighted by Gasteiger charge is -2.21. The molecule has 1 aliphatic rings. The van der Waals surface area contributed by atoms with Crippen LogP contribution in [-0.2, 0) is 17.7 Å². The predicted octanol–water partition coefficient (Wildman–Crippen LogP) is 1.37. The van der Waals surface area contributed by atoms with Gasteiger partial charge in [0.2, 0.25) is 0 Å². The van der Waals surface area contributed by atoms with E-state index in [4.69, 9.17) is 4.74 Å². The van der Waals surface area contributed by atoms with E-state index in [-0.39, 0.29) is 6.09 Å². The lowest BCUT2D eigenvalue weighted by Crippen LogP contribution is -2.39. The Morgan fingerprint density at radius 2 is 2.38 bits per heavy atom. The Morgan fingerprint density at radius 1 is 1.56 bits per heavy atom. The topological polar surface area (TPSA) is 50.4 Å². The Hall–Kier alpha value is -1.07. The first-order valence-electron chi connectivity index (χ1n) is 5.40. The highest BCUT2D eigenvalue weighted by molar-refractivity contribution is 7.11. The number of alkyl carbamates (subject to hydrolysis) is 1. The molecule has 5 heteroatoms. The summed E-state index contributed by atoms with van der Waals surface area (Å²) in [7, 11) is 1.95. The van der Waals surface area contributed by atoms with Crippen LogP contribution in [0, 0.1) is 5.92 Å².